The maximum absolute atomic E-state index is 13.8. The van der Waals surface area contributed by atoms with E-state index >= 15 is 0 Å². The van der Waals surface area contributed by atoms with Crippen LogP contribution in [0.2, 0.25) is 0 Å². The number of rotatable bonds is 6. The monoisotopic (exact) mass is 526 g/mol. The predicted molar refractivity (Wildman–Crippen MR) is 152 cm³/mol. The molecular weight excluding hydrogens is 488 g/mol. The fourth-order valence-electron chi connectivity index (χ4n) is 7.20. The van der Waals surface area contributed by atoms with Crippen molar-refractivity contribution in [2.24, 2.45) is 11.8 Å². The number of amides is 1. The molecule has 0 spiro atoms. The number of piperidine rings is 1. The molecule has 1 N–H and O–H groups in total. The highest BCUT2D eigenvalue weighted by molar-refractivity contribution is 5.98. The van der Waals surface area contributed by atoms with Crippen LogP contribution in [0.1, 0.15) is 54.9 Å². The first kappa shape index (κ1) is 25.9. The van der Waals surface area contributed by atoms with Gasteiger partial charge in [0.15, 0.2) is 0 Å². The minimum Gasteiger partial charge on any atom is -0.508 e. The maximum atomic E-state index is 13.8. The molecule has 6 heteroatoms. The first-order valence-corrected chi connectivity index (χ1v) is 14.3. The molecule has 2 aliphatic carbocycles. The molecule has 6 rings (SSSR count). The quantitative estimate of drug-likeness (QED) is 0.437. The number of benzene rings is 3. The standard InChI is InChI=1S/C33H38N2O4/c1-22(36)39-31-18-28(34(2)32(38)26-13-12-24-6-3-4-7-25(24)16-26)19-33(27-8-5-9-29(37)17-27)14-15-35(21-30(31)33)20-23-10-11-23/h3-9,12-13,16-17,23,28,30-31,37H,10-11,14-15,18-21H2,1-2H3. The van der Waals surface area contributed by atoms with Gasteiger partial charge in [-0.15, -0.1) is 0 Å². The van der Waals surface area contributed by atoms with E-state index in [0.717, 1.165) is 54.7 Å². The molecule has 1 heterocycles. The Morgan fingerprint density at radius 3 is 2.59 bits per heavy atom. The highest BCUT2D eigenvalue weighted by atomic mass is 16.5. The maximum Gasteiger partial charge on any atom is 0.302 e. The van der Waals surface area contributed by atoms with Crippen molar-refractivity contribution in [3.05, 3.63) is 77.9 Å². The van der Waals surface area contributed by atoms with Gasteiger partial charge >= 0.3 is 5.97 Å². The largest absolute Gasteiger partial charge is 0.508 e. The van der Waals surface area contributed by atoms with Gasteiger partial charge in [-0.25, -0.2) is 0 Å². The number of nitrogens with zero attached hydrogens (tertiary/aromatic N) is 2. The minimum atomic E-state index is -0.308. The Kier molecular flexibility index (Phi) is 6.84. The summed E-state index contributed by atoms with van der Waals surface area (Å²) in [7, 11) is 1.88. The molecule has 3 aromatic carbocycles. The van der Waals surface area contributed by atoms with Crippen molar-refractivity contribution < 1.29 is 19.4 Å². The lowest BCUT2D eigenvalue weighted by Crippen LogP contribution is -2.62. The summed E-state index contributed by atoms with van der Waals surface area (Å²) >= 11 is 0. The van der Waals surface area contributed by atoms with Crippen molar-refractivity contribution in [2.75, 3.05) is 26.7 Å². The van der Waals surface area contributed by atoms with Gasteiger partial charge in [0.1, 0.15) is 11.9 Å². The average Bonchev–Trinajstić information content (AvgIpc) is 3.76. The summed E-state index contributed by atoms with van der Waals surface area (Å²) in [5, 5.41) is 12.6. The van der Waals surface area contributed by atoms with Crippen LogP contribution < -0.4 is 0 Å². The number of carbonyl (C=O) groups excluding carboxylic acids is 2. The van der Waals surface area contributed by atoms with Crippen LogP contribution in [0.15, 0.2) is 66.7 Å². The number of hydrogen-bond acceptors (Lipinski definition) is 5. The Labute approximate surface area is 230 Å². The van der Waals surface area contributed by atoms with Crippen LogP contribution >= 0.6 is 0 Å². The summed E-state index contributed by atoms with van der Waals surface area (Å²) in [6.07, 6.45) is 4.58. The molecule has 4 unspecified atom stereocenters. The van der Waals surface area contributed by atoms with Crippen LogP contribution in [0.25, 0.3) is 10.8 Å². The number of esters is 1. The van der Waals surface area contributed by atoms with E-state index in [9.17, 15) is 14.7 Å². The van der Waals surface area contributed by atoms with Gasteiger partial charge in [-0.3, -0.25) is 9.59 Å². The van der Waals surface area contributed by atoms with E-state index in [1.165, 1.54) is 19.8 Å². The number of fused-ring (bicyclic) bond motifs is 2. The lowest BCUT2D eigenvalue weighted by Gasteiger charge is -2.56. The van der Waals surface area contributed by atoms with Crippen molar-refractivity contribution in [3.63, 3.8) is 0 Å². The second-order valence-corrected chi connectivity index (χ2v) is 12.0. The van der Waals surface area contributed by atoms with E-state index in [1.54, 1.807) is 6.07 Å². The van der Waals surface area contributed by atoms with E-state index < -0.39 is 0 Å². The number of likely N-dealkylation sites (tertiary alicyclic amines) is 1. The number of phenols is 1. The summed E-state index contributed by atoms with van der Waals surface area (Å²) in [4.78, 5) is 30.6. The van der Waals surface area contributed by atoms with Crippen LogP contribution in [-0.4, -0.2) is 65.6 Å². The predicted octanol–water partition coefficient (Wildman–Crippen LogP) is 5.38. The van der Waals surface area contributed by atoms with E-state index in [1.807, 2.05) is 66.5 Å². The zero-order valence-electron chi connectivity index (χ0n) is 22.9. The molecule has 4 atom stereocenters. The SMILES string of the molecule is CC(=O)OC1CC(N(C)C(=O)c2ccc3ccccc3c2)CC2(c3cccc(O)c3)CCN(CC3CC3)CC12. The van der Waals surface area contributed by atoms with Gasteiger partial charge in [0.2, 0.25) is 0 Å². The second-order valence-electron chi connectivity index (χ2n) is 12.0. The van der Waals surface area contributed by atoms with Crippen LogP contribution in [0.4, 0.5) is 0 Å². The zero-order valence-corrected chi connectivity index (χ0v) is 22.9. The number of carbonyl (C=O) groups is 2. The van der Waals surface area contributed by atoms with E-state index in [2.05, 4.69) is 11.0 Å². The third-order valence-corrected chi connectivity index (χ3v) is 9.41. The van der Waals surface area contributed by atoms with E-state index in [0.29, 0.717) is 12.0 Å². The van der Waals surface area contributed by atoms with Crippen molar-refractivity contribution >= 4 is 22.6 Å². The first-order valence-electron chi connectivity index (χ1n) is 14.3. The first-order chi connectivity index (χ1) is 18.8. The van der Waals surface area contributed by atoms with Gasteiger partial charge in [-0.1, -0.05) is 42.5 Å². The minimum absolute atomic E-state index is 0.0250. The average molecular weight is 527 g/mol. The Morgan fingerprint density at radius 2 is 1.85 bits per heavy atom. The summed E-state index contributed by atoms with van der Waals surface area (Å²) in [6.45, 7) is 4.40. The van der Waals surface area contributed by atoms with Gasteiger partial charge < -0.3 is 19.6 Å². The molecule has 2 saturated carbocycles. The molecule has 39 heavy (non-hydrogen) atoms. The Bertz CT molecular complexity index is 1380. The molecule has 3 fully saturated rings. The molecule has 1 saturated heterocycles. The highest BCUT2D eigenvalue weighted by Crippen LogP contribution is 2.52. The molecule has 0 bridgehead atoms. The van der Waals surface area contributed by atoms with Crippen LogP contribution in [0.3, 0.4) is 0 Å². The van der Waals surface area contributed by atoms with Crippen molar-refractivity contribution in [1.82, 2.24) is 9.80 Å². The molecule has 3 aromatic rings. The highest BCUT2D eigenvalue weighted by Gasteiger charge is 2.54. The van der Waals surface area contributed by atoms with E-state index in [-0.39, 0.29) is 41.1 Å². The summed E-state index contributed by atoms with van der Waals surface area (Å²) in [6, 6.07) is 21.4. The molecule has 0 aromatic heterocycles. The second kappa shape index (κ2) is 10.3. The number of ether oxygens (including phenoxy) is 1. The third kappa shape index (κ3) is 5.14. The molecule has 1 aliphatic heterocycles. The summed E-state index contributed by atoms with van der Waals surface area (Å²) in [5.74, 6) is 0.813. The molecule has 3 aliphatic rings. The Hall–Kier alpha value is -3.38. The van der Waals surface area contributed by atoms with Crippen molar-refractivity contribution in [2.45, 2.75) is 56.6 Å². The normalized spacial score (nSPS) is 27.1. The lowest BCUT2D eigenvalue weighted by molar-refractivity contribution is -0.158. The Balaban J connectivity index is 1.35. The van der Waals surface area contributed by atoms with Gasteiger partial charge in [0, 0.05) is 56.4 Å². The van der Waals surface area contributed by atoms with Crippen molar-refractivity contribution in [1.29, 1.82) is 0 Å². The smallest absolute Gasteiger partial charge is 0.302 e. The fourth-order valence-corrected chi connectivity index (χ4v) is 7.20. The topological polar surface area (TPSA) is 70.1 Å². The summed E-state index contributed by atoms with van der Waals surface area (Å²) in [5.41, 5.74) is 1.43. The number of hydrogen-bond donors (Lipinski definition) is 1. The van der Waals surface area contributed by atoms with Crippen LogP contribution in [0.5, 0.6) is 5.75 Å². The molecular formula is C33H38N2O4. The number of phenolic OH excluding ortho intramolecular Hbond substituents is 1. The molecule has 6 nitrogen and oxygen atoms in total. The number of aromatic hydroxyl groups is 1. The third-order valence-electron chi connectivity index (χ3n) is 9.41. The Morgan fingerprint density at radius 1 is 1.05 bits per heavy atom. The van der Waals surface area contributed by atoms with Gasteiger partial charge in [-0.05, 0) is 78.7 Å². The molecule has 0 radical (unpaired) electrons. The van der Waals surface area contributed by atoms with Gasteiger partial charge in [0.05, 0.1) is 0 Å². The lowest BCUT2D eigenvalue weighted by atomic mass is 9.56. The van der Waals surface area contributed by atoms with Crippen LogP contribution in [-0.2, 0) is 14.9 Å². The fraction of sp³-hybridized carbons (Fsp3) is 0.455. The molecule has 204 valence electrons. The van der Waals surface area contributed by atoms with Crippen LogP contribution in [0, 0.1) is 11.8 Å². The van der Waals surface area contributed by atoms with Gasteiger partial charge in [0.25, 0.3) is 5.91 Å². The molecule has 1 amide bonds. The summed E-state index contributed by atoms with van der Waals surface area (Å²) < 4.78 is 6.06. The van der Waals surface area contributed by atoms with Gasteiger partial charge in [-0.2, -0.15) is 0 Å². The zero-order chi connectivity index (χ0) is 27.1. The van der Waals surface area contributed by atoms with E-state index in [4.69, 9.17) is 4.74 Å². The van der Waals surface area contributed by atoms with Crippen molar-refractivity contribution in [3.8, 4) is 5.75 Å².